The Hall–Kier alpha value is -0.810. The molecule has 1 aliphatic carbocycles. The molecule has 130 valence electrons. The Morgan fingerprint density at radius 3 is 2.45 bits per heavy atom. The van der Waals surface area contributed by atoms with E-state index < -0.39 is 5.60 Å². The van der Waals surface area contributed by atoms with E-state index in [9.17, 15) is 9.90 Å². The summed E-state index contributed by atoms with van der Waals surface area (Å²) in [5.41, 5.74) is -0.464. The summed E-state index contributed by atoms with van der Waals surface area (Å²) in [5.74, 6) is 1.20. The van der Waals surface area contributed by atoms with E-state index in [1.807, 2.05) is 20.8 Å². The summed E-state index contributed by atoms with van der Waals surface area (Å²) >= 11 is 0. The second kappa shape index (κ2) is 8.73. The first-order valence-electron chi connectivity index (χ1n) is 8.54. The van der Waals surface area contributed by atoms with Crippen LogP contribution in [0, 0.1) is 17.8 Å². The number of carbonyl (C=O) groups is 1. The smallest absolute Gasteiger partial charge is 0.407 e. The van der Waals surface area contributed by atoms with Gasteiger partial charge >= 0.3 is 6.09 Å². The van der Waals surface area contributed by atoms with E-state index in [0.717, 1.165) is 32.4 Å². The van der Waals surface area contributed by atoms with Gasteiger partial charge in [-0.05, 0) is 57.9 Å². The molecule has 0 radical (unpaired) electrons. The molecule has 1 amide bonds. The number of hydrogen-bond donors (Lipinski definition) is 3. The molecule has 1 rings (SSSR count). The predicted octanol–water partition coefficient (Wildman–Crippen LogP) is 2.53. The van der Waals surface area contributed by atoms with Gasteiger partial charge in [-0.25, -0.2) is 4.79 Å². The molecule has 1 aliphatic rings. The first kappa shape index (κ1) is 19.2. The first-order chi connectivity index (χ1) is 10.2. The molecule has 5 nitrogen and oxygen atoms in total. The van der Waals surface area contributed by atoms with Crippen molar-refractivity contribution in [2.45, 2.75) is 65.6 Å². The molecule has 3 atom stereocenters. The third kappa shape index (κ3) is 7.45. The minimum Gasteiger partial charge on any atom is -0.444 e. The van der Waals surface area contributed by atoms with E-state index in [4.69, 9.17) is 4.74 Å². The molecule has 5 heteroatoms. The highest BCUT2D eigenvalue weighted by Crippen LogP contribution is 2.24. The van der Waals surface area contributed by atoms with Crippen LogP contribution in [0.15, 0.2) is 0 Å². The summed E-state index contributed by atoms with van der Waals surface area (Å²) in [7, 11) is 0. The lowest BCUT2D eigenvalue weighted by atomic mass is 9.95. The van der Waals surface area contributed by atoms with Gasteiger partial charge in [0.2, 0.25) is 0 Å². The van der Waals surface area contributed by atoms with Crippen molar-refractivity contribution >= 4 is 6.09 Å². The normalized spacial score (nSPS) is 23.6. The monoisotopic (exact) mass is 314 g/mol. The van der Waals surface area contributed by atoms with Crippen LogP contribution in [-0.4, -0.2) is 42.5 Å². The summed E-state index contributed by atoms with van der Waals surface area (Å²) in [6.45, 7) is 12.2. The van der Waals surface area contributed by atoms with E-state index in [-0.39, 0.29) is 12.2 Å². The Morgan fingerprint density at radius 1 is 1.27 bits per heavy atom. The molecule has 3 N–H and O–H groups in total. The Bertz CT molecular complexity index is 339. The van der Waals surface area contributed by atoms with E-state index >= 15 is 0 Å². The highest BCUT2D eigenvalue weighted by atomic mass is 16.6. The van der Waals surface area contributed by atoms with Gasteiger partial charge in [0.25, 0.3) is 0 Å². The maximum absolute atomic E-state index is 11.7. The van der Waals surface area contributed by atoms with Gasteiger partial charge in [-0.2, -0.15) is 0 Å². The summed E-state index contributed by atoms with van der Waals surface area (Å²) in [6.07, 6.45) is 2.66. The molecular weight excluding hydrogens is 280 g/mol. The van der Waals surface area contributed by atoms with E-state index in [2.05, 4.69) is 24.5 Å². The quantitative estimate of drug-likeness (QED) is 0.675. The maximum atomic E-state index is 11.7. The topological polar surface area (TPSA) is 70.6 Å². The van der Waals surface area contributed by atoms with Crippen LogP contribution in [-0.2, 0) is 4.74 Å². The number of hydrogen-bond acceptors (Lipinski definition) is 4. The molecule has 1 saturated carbocycles. The van der Waals surface area contributed by atoms with Crippen LogP contribution >= 0.6 is 0 Å². The van der Waals surface area contributed by atoms with Gasteiger partial charge in [0, 0.05) is 13.1 Å². The number of rotatable bonds is 7. The highest BCUT2D eigenvalue weighted by Gasteiger charge is 2.25. The lowest BCUT2D eigenvalue weighted by Gasteiger charge is -2.25. The van der Waals surface area contributed by atoms with Gasteiger partial charge < -0.3 is 20.5 Å². The van der Waals surface area contributed by atoms with Gasteiger partial charge in [0.1, 0.15) is 5.60 Å². The minimum atomic E-state index is -0.464. The van der Waals surface area contributed by atoms with Gasteiger partial charge in [0.15, 0.2) is 0 Å². The lowest BCUT2D eigenvalue weighted by molar-refractivity contribution is 0.0514. The third-order valence-corrected chi connectivity index (χ3v) is 4.28. The number of alkyl carbamates (subject to hydrolysis) is 1. The number of carbonyl (C=O) groups excluding carboxylic acids is 1. The Morgan fingerprint density at radius 2 is 1.95 bits per heavy atom. The van der Waals surface area contributed by atoms with Crippen molar-refractivity contribution in [3.63, 3.8) is 0 Å². The number of aliphatic hydroxyl groups is 1. The van der Waals surface area contributed by atoms with Gasteiger partial charge in [-0.3, -0.25) is 0 Å². The van der Waals surface area contributed by atoms with Crippen LogP contribution in [0.1, 0.15) is 53.9 Å². The molecule has 1 fully saturated rings. The average molecular weight is 314 g/mol. The van der Waals surface area contributed by atoms with Crippen molar-refractivity contribution in [3.8, 4) is 0 Å². The number of aliphatic hydroxyl groups excluding tert-OH is 1. The Labute approximate surface area is 135 Å². The molecule has 0 aromatic carbocycles. The standard InChI is InChI=1S/C17H34N2O3/c1-12(2)14(11-19-16(21)22-17(3,4)5)10-18-9-13-7-6-8-15(13)20/h12-15,18,20H,6-11H2,1-5H3,(H,19,21). The summed E-state index contributed by atoms with van der Waals surface area (Å²) < 4.78 is 5.26. The van der Waals surface area contributed by atoms with Crippen molar-refractivity contribution in [2.24, 2.45) is 17.8 Å². The molecule has 22 heavy (non-hydrogen) atoms. The van der Waals surface area contributed by atoms with Crippen molar-refractivity contribution in [1.82, 2.24) is 10.6 Å². The number of nitrogens with one attached hydrogen (secondary N) is 2. The zero-order valence-corrected chi connectivity index (χ0v) is 14.8. The largest absolute Gasteiger partial charge is 0.444 e. The molecule has 0 saturated heterocycles. The van der Waals surface area contributed by atoms with Crippen molar-refractivity contribution < 1.29 is 14.6 Å². The Kier molecular flexibility index (Phi) is 7.63. The van der Waals surface area contributed by atoms with Gasteiger partial charge in [-0.15, -0.1) is 0 Å². The van der Waals surface area contributed by atoms with Crippen LogP contribution in [0.2, 0.25) is 0 Å². The molecule has 0 heterocycles. The minimum absolute atomic E-state index is 0.148. The van der Waals surface area contributed by atoms with Gasteiger partial charge in [0.05, 0.1) is 6.10 Å². The fourth-order valence-corrected chi connectivity index (χ4v) is 2.78. The highest BCUT2D eigenvalue weighted by molar-refractivity contribution is 5.67. The van der Waals surface area contributed by atoms with Crippen molar-refractivity contribution in [2.75, 3.05) is 19.6 Å². The van der Waals surface area contributed by atoms with Crippen LogP contribution in [0.4, 0.5) is 4.79 Å². The number of amides is 1. The van der Waals surface area contributed by atoms with Gasteiger partial charge in [-0.1, -0.05) is 20.3 Å². The molecule has 0 aromatic heterocycles. The van der Waals surface area contributed by atoms with Crippen molar-refractivity contribution in [1.29, 1.82) is 0 Å². The number of ether oxygens (including phenoxy) is 1. The summed E-state index contributed by atoms with van der Waals surface area (Å²) in [6, 6.07) is 0. The Balaban J connectivity index is 2.28. The molecule has 0 bridgehead atoms. The molecule has 0 spiro atoms. The van der Waals surface area contributed by atoms with Crippen LogP contribution in [0.5, 0.6) is 0 Å². The van der Waals surface area contributed by atoms with Crippen molar-refractivity contribution in [3.05, 3.63) is 0 Å². The molecule has 0 aliphatic heterocycles. The summed E-state index contributed by atoms with van der Waals surface area (Å²) in [4.78, 5) is 11.7. The molecule has 0 aromatic rings. The zero-order chi connectivity index (χ0) is 16.8. The van der Waals surface area contributed by atoms with E-state index in [0.29, 0.717) is 24.3 Å². The summed E-state index contributed by atoms with van der Waals surface area (Å²) in [5, 5.41) is 16.2. The second-order valence-corrected chi connectivity index (χ2v) is 7.80. The predicted molar refractivity (Wildman–Crippen MR) is 88.8 cm³/mol. The third-order valence-electron chi connectivity index (χ3n) is 4.28. The fourth-order valence-electron chi connectivity index (χ4n) is 2.78. The fraction of sp³-hybridized carbons (Fsp3) is 0.941. The average Bonchev–Trinajstić information content (AvgIpc) is 2.76. The van der Waals surface area contributed by atoms with Crippen LogP contribution in [0.25, 0.3) is 0 Å². The molecule has 3 unspecified atom stereocenters. The SMILES string of the molecule is CC(C)C(CNCC1CCCC1O)CNC(=O)OC(C)(C)C. The zero-order valence-electron chi connectivity index (χ0n) is 14.8. The lowest BCUT2D eigenvalue weighted by Crippen LogP contribution is -2.40. The van der Waals surface area contributed by atoms with Crippen LogP contribution < -0.4 is 10.6 Å². The van der Waals surface area contributed by atoms with E-state index in [1.54, 1.807) is 0 Å². The van der Waals surface area contributed by atoms with E-state index in [1.165, 1.54) is 0 Å². The molecular formula is C17H34N2O3. The van der Waals surface area contributed by atoms with Crippen LogP contribution in [0.3, 0.4) is 0 Å². The second-order valence-electron chi connectivity index (χ2n) is 7.80. The first-order valence-corrected chi connectivity index (χ1v) is 8.54. The maximum Gasteiger partial charge on any atom is 0.407 e.